The lowest BCUT2D eigenvalue weighted by Crippen LogP contribution is -2.12. The highest BCUT2D eigenvalue weighted by molar-refractivity contribution is 5.90. The van der Waals surface area contributed by atoms with Crippen molar-refractivity contribution in [2.45, 2.75) is 6.42 Å². The number of aliphatic hydroxyl groups excluding tert-OH is 1. The number of anilines is 2. The Hall–Kier alpha value is -2.83. The van der Waals surface area contributed by atoms with Gasteiger partial charge in [-0.3, -0.25) is 0 Å². The number of para-hydroxylation sites is 2. The maximum atomic E-state index is 9.08. The van der Waals surface area contributed by atoms with Crippen LogP contribution in [-0.2, 0) is 6.42 Å². The van der Waals surface area contributed by atoms with Gasteiger partial charge >= 0.3 is 0 Å². The van der Waals surface area contributed by atoms with Crippen molar-refractivity contribution in [3.63, 3.8) is 0 Å². The molecule has 4 N–H and O–H groups in total. The van der Waals surface area contributed by atoms with Crippen molar-refractivity contribution in [2.24, 2.45) is 0 Å². The van der Waals surface area contributed by atoms with Gasteiger partial charge in [0.25, 0.3) is 0 Å². The van der Waals surface area contributed by atoms with Gasteiger partial charge in [0.15, 0.2) is 0 Å². The van der Waals surface area contributed by atoms with Crippen molar-refractivity contribution in [3.05, 3.63) is 60.3 Å². The molecule has 0 unspecified atom stereocenters. The summed E-state index contributed by atoms with van der Waals surface area (Å²) in [5.41, 5.74) is 3.30. The van der Waals surface area contributed by atoms with Gasteiger partial charge in [-0.25, -0.2) is 4.98 Å². The Kier molecular flexibility index (Phi) is 6.11. The quantitative estimate of drug-likeness (QED) is 0.392. The fraction of sp³-hybridized carbons (Fsp3) is 0.200. The van der Waals surface area contributed by atoms with E-state index in [1.165, 1.54) is 10.9 Å². The fourth-order valence-corrected chi connectivity index (χ4v) is 3.11. The van der Waals surface area contributed by atoms with Crippen molar-refractivity contribution >= 4 is 46.0 Å². The summed E-state index contributed by atoms with van der Waals surface area (Å²) in [5.74, 6) is 1.32. The molecule has 0 saturated carbocycles. The molecule has 2 heterocycles. The molecular weight excluding hydrogens is 362 g/mol. The van der Waals surface area contributed by atoms with Gasteiger partial charge in [0.1, 0.15) is 5.82 Å². The van der Waals surface area contributed by atoms with Crippen LogP contribution in [0.4, 0.5) is 11.8 Å². The molecule has 0 bridgehead atoms. The van der Waals surface area contributed by atoms with E-state index in [4.69, 9.17) is 5.11 Å². The molecule has 4 rings (SSSR count). The molecule has 27 heavy (non-hydrogen) atoms. The van der Waals surface area contributed by atoms with Gasteiger partial charge in [-0.15, -0.1) is 12.4 Å². The number of hydrogen-bond donors (Lipinski definition) is 4. The standard InChI is InChI=1S/C20H21N5O.ClH/c26-12-11-21-19-16-6-2-4-8-18(16)24-20(25-19)22-10-9-14-13-23-17-7-3-1-5-15(14)17;/h1-8,13,23,26H,9-12H2,(H2,21,22,24,25);1H. The molecule has 140 valence electrons. The molecule has 0 aliphatic heterocycles. The molecule has 2 aromatic heterocycles. The maximum Gasteiger partial charge on any atom is 0.225 e. The van der Waals surface area contributed by atoms with Gasteiger partial charge in [-0.2, -0.15) is 4.98 Å². The average Bonchev–Trinajstić information content (AvgIpc) is 3.09. The third kappa shape index (κ3) is 4.13. The van der Waals surface area contributed by atoms with Crippen LogP contribution in [0, 0.1) is 0 Å². The molecule has 6 nitrogen and oxygen atoms in total. The predicted molar refractivity (Wildman–Crippen MR) is 113 cm³/mol. The minimum atomic E-state index is 0. The summed E-state index contributed by atoms with van der Waals surface area (Å²) in [7, 11) is 0. The number of rotatable bonds is 7. The molecule has 0 amide bonds. The predicted octanol–water partition coefficient (Wildman–Crippen LogP) is 3.59. The smallest absolute Gasteiger partial charge is 0.225 e. The lowest BCUT2D eigenvalue weighted by Gasteiger charge is -2.11. The van der Waals surface area contributed by atoms with Crippen LogP contribution >= 0.6 is 12.4 Å². The summed E-state index contributed by atoms with van der Waals surface area (Å²) in [4.78, 5) is 12.5. The van der Waals surface area contributed by atoms with Crippen molar-refractivity contribution < 1.29 is 5.11 Å². The summed E-state index contributed by atoms with van der Waals surface area (Å²) in [6.07, 6.45) is 2.93. The van der Waals surface area contributed by atoms with Crippen molar-refractivity contribution in [2.75, 3.05) is 30.3 Å². The second-order valence-corrected chi connectivity index (χ2v) is 6.10. The van der Waals surface area contributed by atoms with E-state index in [-0.39, 0.29) is 19.0 Å². The Morgan fingerprint density at radius 1 is 0.889 bits per heavy atom. The maximum absolute atomic E-state index is 9.08. The Labute approximate surface area is 163 Å². The number of H-pyrrole nitrogens is 1. The second-order valence-electron chi connectivity index (χ2n) is 6.10. The third-order valence-corrected chi connectivity index (χ3v) is 4.36. The van der Waals surface area contributed by atoms with Gasteiger partial charge in [0.05, 0.1) is 12.1 Å². The van der Waals surface area contributed by atoms with Crippen LogP contribution in [0.1, 0.15) is 5.56 Å². The minimum absolute atomic E-state index is 0. The number of hydrogen-bond acceptors (Lipinski definition) is 5. The number of aromatic amines is 1. The highest BCUT2D eigenvalue weighted by Crippen LogP contribution is 2.22. The van der Waals surface area contributed by atoms with Crippen LogP contribution in [0.5, 0.6) is 0 Å². The topological polar surface area (TPSA) is 85.9 Å². The van der Waals surface area contributed by atoms with E-state index in [0.717, 1.165) is 35.2 Å². The number of halogens is 1. The zero-order valence-corrected chi connectivity index (χ0v) is 15.6. The summed E-state index contributed by atoms with van der Waals surface area (Å²) in [6, 6.07) is 16.2. The van der Waals surface area contributed by atoms with Crippen molar-refractivity contribution in [1.29, 1.82) is 0 Å². The van der Waals surface area contributed by atoms with E-state index in [9.17, 15) is 0 Å². The minimum Gasteiger partial charge on any atom is -0.395 e. The van der Waals surface area contributed by atoms with E-state index in [2.05, 4.69) is 50.0 Å². The summed E-state index contributed by atoms with van der Waals surface area (Å²) in [5, 5.41) is 17.8. The second kappa shape index (κ2) is 8.70. The molecule has 2 aromatic carbocycles. The molecular formula is C20H22ClN5O. The third-order valence-electron chi connectivity index (χ3n) is 4.36. The Balaban J connectivity index is 0.00000210. The van der Waals surface area contributed by atoms with Crippen LogP contribution < -0.4 is 10.6 Å². The van der Waals surface area contributed by atoms with Gasteiger partial charge in [-0.05, 0) is 30.2 Å². The number of nitrogens with one attached hydrogen (secondary N) is 3. The SMILES string of the molecule is Cl.OCCNc1nc(NCCc2c[nH]c3ccccc23)nc2ccccc12. The Morgan fingerprint density at radius 2 is 1.67 bits per heavy atom. The zero-order valence-electron chi connectivity index (χ0n) is 14.8. The first-order chi connectivity index (χ1) is 12.8. The summed E-state index contributed by atoms with van der Waals surface area (Å²) < 4.78 is 0. The van der Waals surface area contributed by atoms with Crippen LogP contribution in [0.25, 0.3) is 21.8 Å². The number of nitrogens with zero attached hydrogens (tertiary/aromatic N) is 2. The van der Waals surface area contributed by atoms with Gasteiger partial charge in [-0.1, -0.05) is 30.3 Å². The monoisotopic (exact) mass is 383 g/mol. The first kappa shape index (κ1) is 18.9. The average molecular weight is 384 g/mol. The van der Waals surface area contributed by atoms with E-state index >= 15 is 0 Å². The van der Waals surface area contributed by atoms with Gasteiger partial charge < -0.3 is 20.7 Å². The molecule has 0 fully saturated rings. The van der Waals surface area contributed by atoms with E-state index in [1.54, 1.807) is 0 Å². The highest BCUT2D eigenvalue weighted by atomic mass is 35.5. The van der Waals surface area contributed by atoms with Crippen LogP contribution in [0.3, 0.4) is 0 Å². The molecule has 0 radical (unpaired) electrons. The largest absolute Gasteiger partial charge is 0.395 e. The molecule has 0 aliphatic carbocycles. The summed E-state index contributed by atoms with van der Waals surface area (Å²) in [6.45, 7) is 1.25. The Morgan fingerprint density at radius 3 is 2.52 bits per heavy atom. The fourth-order valence-electron chi connectivity index (χ4n) is 3.11. The number of benzene rings is 2. The van der Waals surface area contributed by atoms with Crippen molar-refractivity contribution in [1.82, 2.24) is 15.0 Å². The normalized spacial score (nSPS) is 10.7. The molecule has 0 atom stereocenters. The van der Waals surface area contributed by atoms with E-state index in [1.807, 2.05) is 30.3 Å². The molecule has 0 aliphatic rings. The zero-order chi connectivity index (χ0) is 17.8. The van der Waals surface area contributed by atoms with Gasteiger partial charge in [0.2, 0.25) is 5.95 Å². The van der Waals surface area contributed by atoms with E-state index < -0.39 is 0 Å². The Bertz CT molecular complexity index is 1030. The van der Waals surface area contributed by atoms with Crippen LogP contribution in [-0.4, -0.2) is 39.8 Å². The first-order valence-corrected chi connectivity index (χ1v) is 8.75. The number of aromatic nitrogens is 3. The lowest BCUT2D eigenvalue weighted by atomic mass is 10.1. The number of aliphatic hydroxyl groups is 1. The van der Waals surface area contributed by atoms with Crippen LogP contribution in [0.2, 0.25) is 0 Å². The molecule has 4 aromatic rings. The summed E-state index contributed by atoms with van der Waals surface area (Å²) >= 11 is 0. The number of fused-ring (bicyclic) bond motifs is 2. The van der Waals surface area contributed by atoms with Crippen molar-refractivity contribution in [3.8, 4) is 0 Å². The highest BCUT2D eigenvalue weighted by Gasteiger charge is 2.08. The molecule has 0 spiro atoms. The van der Waals surface area contributed by atoms with E-state index in [0.29, 0.717) is 12.5 Å². The molecule has 7 heteroatoms. The first-order valence-electron chi connectivity index (χ1n) is 8.75. The van der Waals surface area contributed by atoms with Gasteiger partial charge in [0, 0.05) is 35.6 Å². The molecule has 0 saturated heterocycles. The lowest BCUT2D eigenvalue weighted by molar-refractivity contribution is 0.311. The van der Waals surface area contributed by atoms with Crippen LogP contribution in [0.15, 0.2) is 54.7 Å².